The van der Waals surface area contributed by atoms with E-state index in [0.29, 0.717) is 0 Å². The standard InChI is InChI=1S/C13H17N3S/c1-2-16-10-8-14-13(16)15-9-11-17-12-6-4-3-5-7-12/h3-8,10H,2,9,11H2,1H3,(H,14,15). The van der Waals surface area contributed by atoms with E-state index < -0.39 is 0 Å². The summed E-state index contributed by atoms with van der Waals surface area (Å²) in [6.45, 7) is 4.00. The molecule has 3 nitrogen and oxygen atoms in total. The zero-order chi connectivity index (χ0) is 11.9. The van der Waals surface area contributed by atoms with Gasteiger partial charge in [-0.05, 0) is 19.1 Å². The summed E-state index contributed by atoms with van der Waals surface area (Å²) < 4.78 is 2.10. The molecule has 0 aliphatic carbocycles. The van der Waals surface area contributed by atoms with Crippen molar-refractivity contribution in [2.24, 2.45) is 0 Å². The minimum atomic E-state index is 0.927. The molecular formula is C13H17N3S. The number of imidazole rings is 1. The van der Waals surface area contributed by atoms with Crippen molar-refractivity contribution < 1.29 is 0 Å². The van der Waals surface area contributed by atoms with Crippen molar-refractivity contribution >= 4 is 17.7 Å². The molecular weight excluding hydrogens is 230 g/mol. The fourth-order valence-corrected chi connectivity index (χ4v) is 2.37. The molecule has 1 aromatic heterocycles. The molecule has 0 bridgehead atoms. The van der Waals surface area contributed by atoms with Crippen molar-refractivity contribution in [2.75, 3.05) is 17.6 Å². The average Bonchev–Trinajstić information content (AvgIpc) is 2.83. The van der Waals surface area contributed by atoms with Gasteiger partial charge in [0.25, 0.3) is 0 Å². The molecule has 90 valence electrons. The van der Waals surface area contributed by atoms with Gasteiger partial charge in [-0.15, -0.1) is 11.8 Å². The molecule has 0 radical (unpaired) electrons. The summed E-state index contributed by atoms with van der Waals surface area (Å²) in [5.74, 6) is 2.00. The molecule has 1 aromatic carbocycles. The predicted molar refractivity (Wildman–Crippen MR) is 73.6 cm³/mol. The monoisotopic (exact) mass is 247 g/mol. The molecule has 2 aromatic rings. The second kappa shape index (κ2) is 6.35. The van der Waals surface area contributed by atoms with Crippen molar-refractivity contribution in [1.29, 1.82) is 0 Å². The molecule has 17 heavy (non-hydrogen) atoms. The number of hydrogen-bond donors (Lipinski definition) is 1. The number of thioether (sulfide) groups is 1. The molecule has 0 saturated heterocycles. The molecule has 1 N–H and O–H groups in total. The number of benzene rings is 1. The molecule has 1 heterocycles. The zero-order valence-electron chi connectivity index (χ0n) is 9.97. The highest BCUT2D eigenvalue weighted by Crippen LogP contribution is 2.16. The summed E-state index contributed by atoms with van der Waals surface area (Å²) >= 11 is 1.86. The van der Waals surface area contributed by atoms with Gasteiger partial charge in [0.05, 0.1) is 0 Å². The Labute approximate surface area is 106 Å². The number of aromatic nitrogens is 2. The highest BCUT2D eigenvalue weighted by molar-refractivity contribution is 7.99. The first-order chi connectivity index (χ1) is 8.40. The predicted octanol–water partition coefficient (Wildman–Crippen LogP) is 3.11. The van der Waals surface area contributed by atoms with Gasteiger partial charge in [-0.2, -0.15) is 0 Å². The van der Waals surface area contributed by atoms with Gasteiger partial charge < -0.3 is 9.88 Å². The van der Waals surface area contributed by atoms with Crippen molar-refractivity contribution in [3.05, 3.63) is 42.7 Å². The smallest absolute Gasteiger partial charge is 0.202 e. The number of hydrogen-bond acceptors (Lipinski definition) is 3. The third-order valence-electron chi connectivity index (χ3n) is 2.45. The van der Waals surface area contributed by atoms with Crippen LogP contribution in [0.15, 0.2) is 47.6 Å². The van der Waals surface area contributed by atoms with Gasteiger partial charge in [0.15, 0.2) is 0 Å². The Morgan fingerprint density at radius 2 is 2.12 bits per heavy atom. The second-order valence-electron chi connectivity index (χ2n) is 3.63. The van der Waals surface area contributed by atoms with Gasteiger partial charge in [-0.3, -0.25) is 0 Å². The second-order valence-corrected chi connectivity index (χ2v) is 4.79. The Kier molecular flexibility index (Phi) is 4.50. The molecule has 0 aliphatic rings. The van der Waals surface area contributed by atoms with Crippen LogP contribution in [0.25, 0.3) is 0 Å². The molecule has 0 aliphatic heterocycles. The lowest BCUT2D eigenvalue weighted by Crippen LogP contribution is -2.09. The van der Waals surface area contributed by atoms with E-state index in [1.165, 1.54) is 4.90 Å². The molecule has 4 heteroatoms. The van der Waals surface area contributed by atoms with Crippen molar-refractivity contribution in [3.8, 4) is 0 Å². The first kappa shape index (κ1) is 12.0. The van der Waals surface area contributed by atoms with E-state index in [-0.39, 0.29) is 0 Å². The first-order valence-electron chi connectivity index (χ1n) is 5.83. The van der Waals surface area contributed by atoms with Gasteiger partial charge in [-0.1, -0.05) is 18.2 Å². The summed E-state index contributed by atoms with van der Waals surface area (Å²) in [6, 6.07) is 10.5. The van der Waals surface area contributed by atoms with Crippen molar-refractivity contribution in [2.45, 2.75) is 18.4 Å². The van der Waals surface area contributed by atoms with Gasteiger partial charge in [-0.25, -0.2) is 4.98 Å². The minimum absolute atomic E-state index is 0.927. The van der Waals surface area contributed by atoms with E-state index in [2.05, 4.69) is 46.1 Å². The third kappa shape index (κ3) is 3.53. The Hall–Kier alpha value is -1.42. The van der Waals surface area contributed by atoms with Crippen LogP contribution in [0.2, 0.25) is 0 Å². The zero-order valence-corrected chi connectivity index (χ0v) is 10.8. The quantitative estimate of drug-likeness (QED) is 0.628. The fraction of sp³-hybridized carbons (Fsp3) is 0.308. The lowest BCUT2D eigenvalue weighted by molar-refractivity contribution is 0.766. The van der Waals surface area contributed by atoms with Crippen LogP contribution in [-0.2, 0) is 6.54 Å². The number of nitrogens with one attached hydrogen (secondary N) is 1. The average molecular weight is 247 g/mol. The van der Waals surface area contributed by atoms with Gasteiger partial charge in [0.1, 0.15) is 0 Å². The highest BCUT2D eigenvalue weighted by Gasteiger charge is 1.99. The Balaban J connectivity index is 1.73. The molecule has 0 amide bonds. The maximum absolute atomic E-state index is 4.27. The normalized spacial score (nSPS) is 10.4. The topological polar surface area (TPSA) is 29.9 Å². The SMILES string of the molecule is CCn1ccnc1NCCSc1ccccc1. The largest absolute Gasteiger partial charge is 0.355 e. The van der Waals surface area contributed by atoms with E-state index in [4.69, 9.17) is 0 Å². The Bertz CT molecular complexity index is 439. The van der Waals surface area contributed by atoms with Crippen LogP contribution in [0.5, 0.6) is 0 Å². The summed E-state index contributed by atoms with van der Waals surface area (Å²) in [5.41, 5.74) is 0. The first-order valence-corrected chi connectivity index (χ1v) is 6.81. The summed E-state index contributed by atoms with van der Waals surface area (Å²) in [5, 5.41) is 3.35. The van der Waals surface area contributed by atoms with Crippen molar-refractivity contribution in [1.82, 2.24) is 9.55 Å². The van der Waals surface area contributed by atoms with E-state index >= 15 is 0 Å². The maximum Gasteiger partial charge on any atom is 0.202 e. The van der Waals surface area contributed by atoms with Crippen LogP contribution in [0.3, 0.4) is 0 Å². The van der Waals surface area contributed by atoms with Crippen LogP contribution in [0, 0.1) is 0 Å². The number of rotatable bonds is 6. The van der Waals surface area contributed by atoms with Crippen LogP contribution in [0.1, 0.15) is 6.92 Å². The van der Waals surface area contributed by atoms with Gasteiger partial charge in [0.2, 0.25) is 5.95 Å². The maximum atomic E-state index is 4.27. The molecule has 0 fully saturated rings. The summed E-state index contributed by atoms with van der Waals surface area (Å²) in [7, 11) is 0. The molecule has 0 spiro atoms. The minimum Gasteiger partial charge on any atom is -0.355 e. The van der Waals surface area contributed by atoms with Crippen molar-refractivity contribution in [3.63, 3.8) is 0 Å². The fourth-order valence-electron chi connectivity index (χ4n) is 1.58. The Morgan fingerprint density at radius 3 is 2.88 bits per heavy atom. The van der Waals surface area contributed by atoms with Crippen LogP contribution >= 0.6 is 11.8 Å². The summed E-state index contributed by atoms with van der Waals surface area (Å²) in [4.78, 5) is 5.59. The molecule has 0 saturated carbocycles. The van der Waals surface area contributed by atoms with Crippen LogP contribution in [-0.4, -0.2) is 21.8 Å². The van der Waals surface area contributed by atoms with E-state index in [1.54, 1.807) is 0 Å². The molecule has 2 rings (SSSR count). The number of anilines is 1. The van der Waals surface area contributed by atoms with Crippen LogP contribution < -0.4 is 5.32 Å². The third-order valence-corrected chi connectivity index (χ3v) is 3.47. The number of aryl methyl sites for hydroxylation is 1. The van der Waals surface area contributed by atoms with Gasteiger partial charge >= 0.3 is 0 Å². The lowest BCUT2D eigenvalue weighted by Gasteiger charge is -2.07. The molecule has 0 unspecified atom stereocenters. The summed E-state index contributed by atoms with van der Waals surface area (Å²) in [6.07, 6.45) is 3.82. The highest BCUT2D eigenvalue weighted by atomic mass is 32.2. The lowest BCUT2D eigenvalue weighted by atomic mass is 10.4. The van der Waals surface area contributed by atoms with E-state index in [9.17, 15) is 0 Å². The van der Waals surface area contributed by atoms with E-state index in [0.717, 1.165) is 24.8 Å². The van der Waals surface area contributed by atoms with E-state index in [1.807, 2.05) is 30.2 Å². The molecule has 0 atom stereocenters. The van der Waals surface area contributed by atoms with Gasteiger partial charge in [0, 0.05) is 36.1 Å². The number of nitrogens with zero attached hydrogens (tertiary/aromatic N) is 2. The van der Waals surface area contributed by atoms with Crippen LogP contribution in [0.4, 0.5) is 5.95 Å². The Morgan fingerprint density at radius 1 is 1.29 bits per heavy atom.